The SMILES string of the molecule is CC1(C)Oc2ccc(OC(F)F)cc2C(N2CCN/C2=N\C#N)C1O. The summed E-state index contributed by atoms with van der Waals surface area (Å²) in [6.07, 6.45) is 0.742. The van der Waals surface area contributed by atoms with Crippen LogP contribution in [0.2, 0.25) is 0 Å². The zero-order valence-electron chi connectivity index (χ0n) is 13.7. The number of rotatable bonds is 3. The van der Waals surface area contributed by atoms with Gasteiger partial charge in [0.1, 0.15) is 23.2 Å². The highest BCUT2D eigenvalue weighted by molar-refractivity contribution is 5.83. The van der Waals surface area contributed by atoms with Gasteiger partial charge in [0, 0.05) is 18.7 Å². The number of aliphatic hydroxyl groups is 1. The van der Waals surface area contributed by atoms with Crippen LogP contribution in [0.5, 0.6) is 11.5 Å². The molecule has 0 amide bonds. The van der Waals surface area contributed by atoms with E-state index < -0.39 is 24.4 Å². The smallest absolute Gasteiger partial charge is 0.387 e. The lowest BCUT2D eigenvalue weighted by Gasteiger charge is -2.45. The Kier molecular flexibility index (Phi) is 4.39. The number of nitrogens with one attached hydrogen (secondary N) is 1. The molecule has 0 aromatic heterocycles. The van der Waals surface area contributed by atoms with Crippen LogP contribution in [-0.2, 0) is 0 Å². The molecule has 1 aromatic rings. The summed E-state index contributed by atoms with van der Waals surface area (Å²) in [5, 5.41) is 22.7. The van der Waals surface area contributed by atoms with Gasteiger partial charge in [-0.3, -0.25) is 0 Å². The summed E-state index contributed by atoms with van der Waals surface area (Å²) in [5.74, 6) is 0.765. The number of fused-ring (bicyclic) bond motifs is 1. The van der Waals surface area contributed by atoms with Crippen molar-refractivity contribution in [2.45, 2.75) is 38.2 Å². The maximum Gasteiger partial charge on any atom is 0.387 e. The van der Waals surface area contributed by atoms with Crippen molar-refractivity contribution in [1.29, 1.82) is 5.26 Å². The number of benzene rings is 1. The van der Waals surface area contributed by atoms with E-state index in [1.807, 2.05) is 0 Å². The Morgan fingerprint density at radius 2 is 2.28 bits per heavy atom. The maximum atomic E-state index is 12.5. The molecule has 9 heteroatoms. The summed E-state index contributed by atoms with van der Waals surface area (Å²) in [4.78, 5) is 5.48. The zero-order valence-corrected chi connectivity index (χ0v) is 13.7. The number of aliphatic hydroxyl groups excluding tert-OH is 1. The third-order valence-corrected chi connectivity index (χ3v) is 4.31. The lowest BCUT2D eigenvalue weighted by atomic mass is 9.85. The summed E-state index contributed by atoms with van der Waals surface area (Å²) >= 11 is 0. The van der Waals surface area contributed by atoms with Crippen molar-refractivity contribution in [3.8, 4) is 17.7 Å². The van der Waals surface area contributed by atoms with Gasteiger partial charge in [-0.15, -0.1) is 4.99 Å². The van der Waals surface area contributed by atoms with Gasteiger partial charge in [0.25, 0.3) is 0 Å². The van der Waals surface area contributed by atoms with Crippen LogP contribution in [0.4, 0.5) is 8.78 Å². The number of nitriles is 1. The predicted molar refractivity (Wildman–Crippen MR) is 84.3 cm³/mol. The van der Waals surface area contributed by atoms with E-state index in [1.54, 1.807) is 24.9 Å². The van der Waals surface area contributed by atoms with Gasteiger partial charge in [-0.2, -0.15) is 14.0 Å². The molecule has 0 bridgehead atoms. The number of aliphatic imine (C=N–C) groups is 1. The van der Waals surface area contributed by atoms with Gasteiger partial charge >= 0.3 is 6.61 Å². The van der Waals surface area contributed by atoms with Crippen LogP contribution in [-0.4, -0.2) is 47.4 Å². The number of alkyl halides is 2. The van der Waals surface area contributed by atoms with Gasteiger partial charge < -0.3 is 24.8 Å². The Balaban J connectivity index is 2.07. The predicted octanol–water partition coefficient (Wildman–Crippen LogP) is 1.60. The van der Waals surface area contributed by atoms with Crippen LogP contribution in [0.25, 0.3) is 0 Å². The van der Waals surface area contributed by atoms with Gasteiger partial charge in [0.15, 0.2) is 0 Å². The first-order chi connectivity index (χ1) is 11.8. The lowest BCUT2D eigenvalue weighted by molar-refractivity contribution is -0.0808. The summed E-state index contributed by atoms with van der Waals surface area (Å²) < 4.78 is 35.4. The van der Waals surface area contributed by atoms with Gasteiger partial charge in [-0.05, 0) is 32.0 Å². The Labute approximate surface area is 143 Å². The van der Waals surface area contributed by atoms with Gasteiger partial charge in [-0.25, -0.2) is 0 Å². The Bertz CT molecular complexity index is 733. The van der Waals surface area contributed by atoms with Crippen molar-refractivity contribution in [2.75, 3.05) is 13.1 Å². The van der Waals surface area contributed by atoms with Crippen molar-refractivity contribution in [1.82, 2.24) is 10.2 Å². The summed E-state index contributed by atoms with van der Waals surface area (Å²) in [7, 11) is 0. The molecule has 25 heavy (non-hydrogen) atoms. The molecule has 134 valence electrons. The number of hydrogen-bond acceptors (Lipinski definition) is 5. The van der Waals surface area contributed by atoms with E-state index in [4.69, 9.17) is 10.00 Å². The summed E-state index contributed by atoms with van der Waals surface area (Å²) in [5.41, 5.74) is -0.414. The second-order valence-corrected chi connectivity index (χ2v) is 6.33. The average Bonchev–Trinajstić information content (AvgIpc) is 2.97. The fraction of sp³-hybridized carbons (Fsp3) is 0.500. The first-order valence-corrected chi connectivity index (χ1v) is 7.76. The quantitative estimate of drug-likeness (QED) is 0.803. The van der Waals surface area contributed by atoms with Crippen molar-refractivity contribution >= 4 is 5.96 Å². The molecule has 1 saturated heterocycles. The summed E-state index contributed by atoms with van der Waals surface area (Å²) in [6.45, 7) is 1.57. The molecular formula is C16H18F2N4O3. The van der Waals surface area contributed by atoms with E-state index in [1.165, 1.54) is 18.2 Å². The highest BCUT2D eigenvalue weighted by atomic mass is 19.3. The highest BCUT2D eigenvalue weighted by Gasteiger charge is 2.47. The first kappa shape index (κ1) is 17.2. The molecule has 2 heterocycles. The second-order valence-electron chi connectivity index (χ2n) is 6.33. The van der Waals surface area contributed by atoms with Crippen molar-refractivity contribution < 1.29 is 23.4 Å². The molecule has 2 unspecified atom stereocenters. The van der Waals surface area contributed by atoms with E-state index in [9.17, 15) is 13.9 Å². The van der Waals surface area contributed by atoms with Crippen LogP contribution < -0.4 is 14.8 Å². The molecule has 0 radical (unpaired) electrons. The second kappa shape index (κ2) is 6.37. The largest absolute Gasteiger partial charge is 0.485 e. The zero-order chi connectivity index (χ0) is 18.2. The normalized spacial score (nSPS) is 26.0. The lowest BCUT2D eigenvalue weighted by Crippen LogP contribution is -2.54. The van der Waals surface area contributed by atoms with E-state index in [2.05, 4.69) is 15.0 Å². The minimum atomic E-state index is -2.95. The van der Waals surface area contributed by atoms with Crippen LogP contribution in [0.3, 0.4) is 0 Å². The first-order valence-electron chi connectivity index (χ1n) is 7.76. The monoisotopic (exact) mass is 352 g/mol. The molecule has 2 aliphatic heterocycles. The van der Waals surface area contributed by atoms with Crippen LogP contribution in [0.15, 0.2) is 23.2 Å². The third-order valence-electron chi connectivity index (χ3n) is 4.31. The molecule has 2 N–H and O–H groups in total. The van der Waals surface area contributed by atoms with E-state index >= 15 is 0 Å². The van der Waals surface area contributed by atoms with E-state index in [0.717, 1.165) is 0 Å². The van der Waals surface area contributed by atoms with Crippen LogP contribution in [0, 0.1) is 11.5 Å². The van der Waals surface area contributed by atoms with Crippen LogP contribution >= 0.6 is 0 Å². The number of nitrogens with zero attached hydrogens (tertiary/aromatic N) is 3. The summed E-state index contributed by atoms with van der Waals surface area (Å²) in [6, 6.07) is 3.73. The fourth-order valence-corrected chi connectivity index (χ4v) is 3.18. The molecule has 3 rings (SSSR count). The maximum absolute atomic E-state index is 12.5. The Morgan fingerprint density at radius 1 is 1.52 bits per heavy atom. The van der Waals surface area contributed by atoms with Crippen molar-refractivity contribution in [3.05, 3.63) is 23.8 Å². The Morgan fingerprint density at radius 3 is 2.96 bits per heavy atom. The molecule has 0 saturated carbocycles. The van der Waals surface area contributed by atoms with Crippen molar-refractivity contribution in [2.24, 2.45) is 4.99 Å². The number of guanidine groups is 1. The van der Waals surface area contributed by atoms with Crippen molar-refractivity contribution in [3.63, 3.8) is 0 Å². The molecule has 1 aromatic carbocycles. The van der Waals surface area contributed by atoms with Gasteiger partial charge in [0.2, 0.25) is 12.2 Å². The molecule has 0 aliphatic carbocycles. The molecule has 2 atom stereocenters. The van der Waals surface area contributed by atoms with Crippen LogP contribution in [0.1, 0.15) is 25.5 Å². The van der Waals surface area contributed by atoms with E-state index in [-0.39, 0.29) is 5.75 Å². The molecule has 7 nitrogen and oxygen atoms in total. The number of ether oxygens (including phenoxy) is 2. The van der Waals surface area contributed by atoms with Gasteiger partial charge in [0.05, 0.1) is 6.04 Å². The fourth-order valence-electron chi connectivity index (χ4n) is 3.18. The topological polar surface area (TPSA) is 90.1 Å². The minimum Gasteiger partial charge on any atom is -0.485 e. The average molecular weight is 352 g/mol. The standard InChI is InChI=1S/C16H18F2N4O3/c1-16(2)13(23)12(22-6-5-20-15(22)21-8-19)10-7-9(24-14(17)18)3-4-11(10)25-16/h3-4,7,12-14,23H,5-6H2,1-2H3,(H,20,21). The number of halogens is 2. The molecule has 1 fully saturated rings. The highest BCUT2D eigenvalue weighted by Crippen LogP contribution is 2.44. The number of hydrogen-bond donors (Lipinski definition) is 2. The van der Waals surface area contributed by atoms with E-state index in [0.29, 0.717) is 30.4 Å². The van der Waals surface area contributed by atoms with Gasteiger partial charge in [-0.1, -0.05) is 0 Å². The molecular weight excluding hydrogens is 334 g/mol. The molecule has 2 aliphatic rings. The third kappa shape index (κ3) is 3.17. The minimum absolute atomic E-state index is 0.0276. The molecule has 0 spiro atoms. The Hall–Kier alpha value is -2.60.